The van der Waals surface area contributed by atoms with Gasteiger partial charge in [-0.2, -0.15) is 0 Å². The van der Waals surface area contributed by atoms with E-state index < -0.39 is 15.9 Å². The molecule has 0 spiro atoms. The Kier molecular flexibility index (Phi) is 4.63. The van der Waals surface area contributed by atoms with Crippen molar-refractivity contribution in [2.45, 2.75) is 39.1 Å². The van der Waals surface area contributed by atoms with E-state index in [9.17, 15) is 13.2 Å². The first-order valence-electron chi connectivity index (χ1n) is 7.07. The highest BCUT2D eigenvalue weighted by Crippen LogP contribution is 2.19. The molecule has 6 nitrogen and oxygen atoms in total. The molecule has 0 aliphatic heterocycles. The molecule has 0 unspecified atom stereocenters. The number of nitrogens with two attached hydrogens (primary N) is 1. The zero-order valence-corrected chi connectivity index (χ0v) is 14.4. The minimum absolute atomic E-state index is 0.0751. The molecule has 1 amide bonds. The zero-order chi connectivity index (χ0) is 17.4. The molecule has 0 radical (unpaired) electrons. The van der Waals surface area contributed by atoms with Crippen LogP contribution in [0.1, 0.15) is 38.6 Å². The number of benzene rings is 1. The maximum atomic E-state index is 12.2. The number of amides is 1. The van der Waals surface area contributed by atoms with E-state index in [1.165, 1.54) is 6.92 Å². The van der Waals surface area contributed by atoms with E-state index in [2.05, 4.69) is 5.32 Å². The van der Waals surface area contributed by atoms with E-state index in [0.717, 1.165) is 28.3 Å². The van der Waals surface area contributed by atoms with Crippen molar-refractivity contribution < 1.29 is 17.6 Å². The molecule has 0 saturated carbocycles. The molecular weight excluding hydrogens is 316 g/mol. The van der Waals surface area contributed by atoms with Gasteiger partial charge in [0.15, 0.2) is 5.76 Å². The highest BCUT2D eigenvalue weighted by atomic mass is 32.2. The number of carbonyl (C=O) groups excluding carboxylic acids is 1. The lowest BCUT2D eigenvalue weighted by atomic mass is 10.00. The second-order valence-electron chi connectivity index (χ2n) is 5.64. The summed E-state index contributed by atoms with van der Waals surface area (Å²) in [5.41, 5.74) is 4.36. The van der Waals surface area contributed by atoms with E-state index >= 15 is 0 Å². The monoisotopic (exact) mass is 336 g/mol. The summed E-state index contributed by atoms with van der Waals surface area (Å²) in [4.78, 5) is 12.0. The lowest BCUT2D eigenvalue weighted by Crippen LogP contribution is -2.23. The predicted molar refractivity (Wildman–Crippen MR) is 86.6 cm³/mol. The van der Waals surface area contributed by atoms with Crippen LogP contribution in [0.5, 0.6) is 0 Å². The van der Waals surface area contributed by atoms with Gasteiger partial charge in [0.2, 0.25) is 10.0 Å². The van der Waals surface area contributed by atoms with Gasteiger partial charge in [0, 0.05) is 12.6 Å². The molecule has 0 saturated heterocycles. The lowest BCUT2D eigenvalue weighted by molar-refractivity contribution is 0.0921. The normalized spacial score (nSPS) is 11.5. The minimum atomic E-state index is -3.91. The first kappa shape index (κ1) is 17.2. The molecule has 2 rings (SSSR count). The van der Waals surface area contributed by atoms with Crippen LogP contribution in [0.2, 0.25) is 0 Å². The first-order valence-corrected chi connectivity index (χ1v) is 8.62. The van der Waals surface area contributed by atoms with Gasteiger partial charge in [-0.15, -0.1) is 0 Å². The standard InChI is InChI=1S/C16H20N2O4S/c1-9-5-10(2)13(11(3)6-9)8-18-16(19)14-7-15(12(4)22-14)23(17,20)21/h5-7H,8H2,1-4H3,(H,18,19)(H2,17,20,21). The van der Waals surface area contributed by atoms with E-state index in [0.29, 0.717) is 6.54 Å². The topological polar surface area (TPSA) is 102 Å². The number of sulfonamides is 1. The average Bonchev–Trinajstić information content (AvgIpc) is 2.79. The predicted octanol–water partition coefficient (Wildman–Crippen LogP) is 2.09. The van der Waals surface area contributed by atoms with Crippen LogP contribution in [0.15, 0.2) is 27.5 Å². The Morgan fingerprint density at radius 3 is 2.17 bits per heavy atom. The van der Waals surface area contributed by atoms with Crippen LogP contribution in [0.25, 0.3) is 0 Å². The minimum Gasteiger partial charge on any atom is -0.455 e. The lowest BCUT2D eigenvalue weighted by Gasteiger charge is -2.11. The Balaban J connectivity index is 2.18. The van der Waals surface area contributed by atoms with Crippen molar-refractivity contribution in [1.82, 2.24) is 5.32 Å². The molecule has 23 heavy (non-hydrogen) atoms. The molecule has 0 atom stereocenters. The third-order valence-corrected chi connectivity index (χ3v) is 4.69. The Morgan fingerprint density at radius 1 is 1.13 bits per heavy atom. The molecule has 1 aromatic heterocycles. The van der Waals surface area contributed by atoms with Gasteiger partial charge in [0.05, 0.1) is 0 Å². The van der Waals surface area contributed by atoms with Crippen molar-refractivity contribution in [2.75, 3.05) is 0 Å². The number of aryl methyl sites for hydroxylation is 4. The maximum Gasteiger partial charge on any atom is 0.287 e. The molecule has 7 heteroatoms. The average molecular weight is 336 g/mol. The van der Waals surface area contributed by atoms with Crippen LogP contribution in [0.4, 0.5) is 0 Å². The molecule has 0 aliphatic rings. The largest absolute Gasteiger partial charge is 0.455 e. The third-order valence-electron chi connectivity index (χ3n) is 3.67. The fraction of sp³-hybridized carbons (Fsp3) is 0.312. The maximum absolute atomic E-state index is 12.2. The van der Waals surface area contributed by atoms with Crippen LogP contribution in [-0.2, 0) is 16.6 Å². The highest BCUT2D eigenvalue weighted by molar-refractivity contribution is 7.89. The molecule has 124 valence electrons. The van der Waals surface area contributed by atoms with E-state index in [1.807, 2.05) is 32.9 Å². The number of rotatable bonds is 4. The van der Waals surface area contributed by atoms with E-state index in [4.69, 9.17) is 9.56 Å². The number of nitrogens with one attached hydrogen (secondary N) is 1. The summed E-state index contributed by atoms with van der Waals surface area (Å²) in [6.07, 6.45) is 0. The van der Waals surface area contributed by atoms with Crippen molar-refractivity contribution in [3.05, 3.63) is 52.0 Å². The Bertz CT molecular complexity index is 843. The summed E-state index contributed by atoms with van der Waals surface area (Å²) in [6.45, 7) is 7.77. The molecule has 1 aromatic carbocycles. The molecule has 0 bridgehead atoms. The van der Waals surface area contributed by atoms with Crippen molar-refractivity contribution in [3.8, 4) is 0 Å². The molecule has 3 N–H and O–H groups in total. The van der Waals surface area contributed by atoms with Crippen LogP contribution in [0, 0.1) is 27.7 Å². The van der Waals surface area contributed by atoms with Gasteiger partial charge in [0.1, 0.15) is 10.7 Å². The quantitative estimate of drug-likeness (QED) is 0.892. The van der Waals surface area contributed by atoms with Gasteiger partial charge in [0.25, 0.3) is 5.91 Å². The number of furan rings is 1. The van der Waals surface area contributed by atoms with Gasteiger partial charge in [-0.3, -0.25) is 4.79 Å². The summed E-state index contributed by atoms with van der Waals surface area (Å²) in [7, 11) is -3.91. The summed E-state index contributed by atoms with van der Waals surface area (Å²) < 4.78 is 28.0. The van der Waals surface area contributed by atoms with Gasteiger partial charge in [-0.25, -0.2) is 13.6 Å². The van der Waals surface area contributed by atoms with Crippen molar-refractivity contribution in [3.63, 3.8) is 0 Å². The Labute approximate surface area is 135 Å². The molecular formula is C16H20N2O4S. The SMILES string of the molecule is Cc1cc(C)c(CNC(=O)c2cc(S(N)(=O)=O)c(C)o2)c(C)c1. The fourth-order valence-corrected chi connectivity index (χ4v) is 3.32. The fourth-order valence-electron chi connectivity index (χ4n) is 2.60. The smallest absolute Gasteiger partial charge is 0.287 e. The number of hydrogen-bond acceptors (Lipinski definition) is 4. The van der Waals surface area contributed by atoms with E-state index in [-0.39, 0.29) is 16.4 Å². The summed E-state index contributed by atoms with van der Waals surface area (Å²) >= 11 is 0. The zero-order valence-electron chi connectivity index (χ0n) is 13.6. The van der Waals surface area contributed by atoms with Gasteiger partial charge < -0.3 is 9.73 Å². The summed E-state index contributed by atoms with van der Waals surface area (Å²) in [5, 5.41) is 7.81. The van der Waals surface area contributed by atoms with Crippen molar-refractivity contribution >= 4 is 15.9 Å². The van der Waals surface area contributed by atoms with Crippen LogP contribution < -0.4 is 10.5 Å². The molecule has 0 aliphatic carbocycles. The highest BCUT2D eigenvalue weighted by Gasteiger charge is 2.21. The van der Waals surface area contributed by atoms with E-state index in [1.54, 1.807) is 0 Å². The van der Waals surface area contributed by atoms with Crippen molar-refractivity contribution in [2.24, 2.45) is 5.14 Å². The van der Waals surface area contributed by atoms with Crippen LogP contribution >= 0.6 is 0 Å². The third kappa shape index (κ3) is 3.80. The molecule has 2 aromatic rings. The second kappa shape index (κ2) is 6.17. The second-order valence-corrected chi connectivity index (χ2v) is 7.17. The summed E-state index contributed by atoms with van der Waals surface area (Å²) in [6, 6.07) is 5.24. The first-order chi connectivity index (χ1) is 10.6. The van der Waals surface area contributed by atoms with Crippen molar-refractivity contribution in [1.29, 1.82) is 0 Å². The number of hydrogen-bond donors (Lipinski definition) is 2. The van der Waals surface area contributed by atoms with Gasteiger partial charge >= 0.3 is 0 Å². The molecule has 1 heterocycles. The number of primary sulfonamides is 1. The molecule has 0 fully saturated rings. The Morgan fingerprint density at radius 2 is 1.70 bits per heavy atom. The van der Waals surface area contributed by atoms with Gasteiger partial charge in [-0.05, 0) is 44.4 Å². The summed E-state index contributed by atoms with van der Waals surface area (Å²) in [5.74, 6) is -0.461. The van der Waals surface area contributed by atoms with Gasteiger partial charge in [-0.1, -0.05) is 17.7 Å². The van der Waals surface area contributed by atoms with Crippen LogP contribution in [-0.4, -0.2) is 14.3 Å². The van der Waals surface area contributed by atoms with Crippen LogP contribution in [0.3, 0.4) is 0 Å². The Hall–Kier alpha value is -2.12. The number of carbonyl (C=O) groups is 1.